The van der Waals surface area contributed by atoms with Gasteiger partial charge in [-0.1, -0.05) is 13.8 Å². The van der Waals surface area contributed by atoms with Crippen LogP contribution in [0.1, 0.15) is 74.1 Å². The number of rotatable bonds is 3. The topological polar surface area (TPSA) is 113 Å². The van der Waals surface area contributed by atoms with Crippen LogP contribution in [0.3, 0.4) is 0 Å². The van der Waals surface area contributed by atoms with E-state index in [-0.39, 0.29) is 24.4 Å². The Kier molecular flexibility index (Phi) is 5.79. The van der Waals surface area contributed by atoms with E-state index in [0.717, 1.165) is 25.7 Å². The number of ether oxygens (including phenoxy) is 8. The Balaban J connectivity index is 1.21. The fraction of sp³-hybridized carbons (Fsp3) is 1.00. The van der Waals surface area contributed by atoms with Crippen molar-refractivity contribution in [1.82, 2.24) is 0 Å². The first-order valence-electron chi connectivity index (χ1n) is 14.2. The molecule has 8 aliphatic rings. The molecule has 2 unspecified atom stereocenters. The Labute approximate surface area is 223 Å². The van der Waals surface area contributed by atoms with Crippen molar-refractivity contribution in [3.8, 4) is 0 Å². The van der Waals surface area contributed by atoms with Crippen molar-refractivity contribution in [2.45, 2.75) is 140 Å². The molecule has 38 heavy (non-hydrogen) atoms. The van der Waals surface area contributed by atoms with Crippen LogP contribution in [-0.2, 0) is 47.7 Å². The van der Waals surface area contributed by atoms with Crippen LogP contribution in [0, 0.1) is 23.7 Å². The fourth-order valence-electron chi connectivity index (χ4n) is 8.06. The summed E-state index contributed by atoms with van der Waals surface area (Å²) in [7, 11) is 0. The number of aliphatic hydroxyl groups is 1. The van der Waals surface area contributed by atoms with Gasteiger partial charge in [-0.2, -0.15) is 0 Å². The first-order chi connectivity index (χ1) is 17.8. The van der Waals surface area contributed by atoms with Crippen molar-refractivity contribution in [3.05, 3.63) is 0 Å². The molecule has 7 saturated heterocycles. The molecular formula is C27H42O11. The minimum atomic E-state index is -1.93. The SMILES string of the molecule is C[C@H]1[C@@H](O[C@]2(O)[C@@H]([C@H]3COC(C)(C)O3)OC3OC(C)(C)O[C@@H]32)O[C@@H]2O[C@@]3(C)CC[C@H]4[C@H](C)CC[C@@H]1C24OO3. The van der Waals surface area contributed by atoms with Crippen molar-refractivity contribution in [2.75, 3.05) is 6.61 Å². The molecule has 7 aliphatic heterocycles. The zero-order valence-electron chi connectivity index (χ0n) is 23.3. The van der Waals surface area contributed by atoms with Crippen molar-refractivity contribution in [1.29, 1.82) is 0 Å². The summed E-state index contributed by atoms with van der Waals surface area (Å²) >= 11 is 0. The van der Waals surface area contributed by atoms with E-state index in [9.17, 15) is 5.11 Å². The number of hydrogen-bond acceptors (Lipinski definition) is 11. The van der Waals surface area contributed by atoms with E-state index in [4.69, 9.17) is 47.7 Å². The molecule has 1 saturated carbocycles. The molecule has 0 aromatic heterocycles. The molecule has 8 rings (SSSR count). The zero-order chi connectivity index (χ0) is 26.9. The van der Waals surface area contributed by atoms with E-state index in [1.54, 1.807) is 13.8 Å². The smallest absolute Gasteiger partial charge is 0.229 e. The van der Waals surface area contributed by atoms with Crippen LogP contribution in [0.4, 0.5) is 0 Å². The van der Waals surface area contributed by atoms with Crippen LogP contribution < -0.4 is 0 Å². The average Bonchev–Trinajstić information content (AvgIpc) is 3.35. The summed E-state index contributed by atoms with van der Waals surface area (Å²) in [6.07, 6.45) is -1.17. The third-order valence-electron chi connectivity index (χ3n) is 9.92. The minimum Gasteiger partial charge on any atom is -0.361 e. The third kappa shape index (κ3) is 3.74. The maximum atomic E-state index is 12.3. The van der Waals surface area contributed by atoms with Crippen molar-refractivity contribution in [2.24, 2.45) is 23.7 Å². The normalized spacial score (nSPS) is 58.4. The van der Waals surface area contributed by atoms with Gasteiger partial charge in [-0.05, 0) is 65.7 Å². The van der Waals surface area contributed by atoms with Gasteiger partial charge in [0.1, 0.15) is 12.2 Å². The largest absolute Gasteiger partial charge is 0.361 e. The Morgan fingerprint density at radius 1 is 0.789 bits per heavy atom. The zero-order valence-corrected chi connectivity index (χ0v) is 23.3. The van der Waals surface area contributed by atoms with Gasteiger partial charge in [0.2, 0.25) is 11.6 Å². The predicted octanol–water partition coefficient (Wildman–Crippen LogP) is 2.93. The van der Waals surface area contributed by atoms with Crippen LogP contribution in [-0.4, -0.2) is 77.6 Å². The van der Waals surface area contributed by atoms with Crippen LogP contribution in [0.5, 0.6) is 0 Å². The Bertz CT molecular complexity index is 959. The average molecular weight is 543 g/mol. The molecule has 0 radical (unpaired) electrons. The summed E-state index contributed by atoms with van der Waals surface area (Å²) in [5.41, 5.74) is -0.731. The summed E-state index contributed by atoms with van der Waals surface area (Å²) < 4.78 is 49.9. The highest BCUT2D eigenvalue weighted by Gasteiger charge is 2.72. The summed E-state index contributed by atoms with van der Waals surface area (Å²) in [6.45, 7) is 13.7. The maximum Gasteiger partial charge on any atom is 0.229 e. The van der Waals surface area contributed by atoms with Gasteiger partial charge in [-0.3, -0.25) is 0 Å². The summed E-state index contributed by atoms with van der Waals surface area (Å²) in [6, 6.07) is 0. The summed E-state index contributed by atoms with van der Waals surface area (Å²) in [4.78, 5) is 12.2. The van der Waals surface area contributed by atoms with Gasteiger partial charge in [0, 0.05) is 18.3 Å². The molecule has 0 aromatic rings. The van der Waals surface area contributed by atoms with Crippen LogP contribution in [0.15, 0.2) is 0 Å². The van der Waals surface area contributed by atoms with Gasteiger partial charge in [-0.15, -0.1) is 0 Å². The van der Waals surface area contributed by atoms with Crippen molar-refractivity contribution in [3.63, 3.8) is 0 Å². The molecule has 0 aromatic carbocycles. The summed E-state index contributed by atoms with van der Waals surface area (Å²) in [5, 5.41) is 12.3. The third-order valence-corrected chi connectivity index (χ3v) is 9.92. The minimum absolute atomic E-state index is 0.0393. The highest BCUT2D eigenvalue weighted by atomic mass is 17.3. The van der Waals surface area contributed by atoms with Crippen LogP contribution >= 0.6 is 0 Å². The highest BCUT2D eigenvalue weighted by molar-refractivity contribution is 5.10. The van der Waals surface area contributed by atoms with E-state index >= 15 is 0 Å². The predicted molar refractivity (Wildman–Crippen MR) is 126 cm³/mol. The van der Waals surface area contributed by atoms with E-state index in [1.165, 1.54) is 0 Å². The quantitative estimate of drug-likeness (QED) is 0.420. The second-order valence-corrected chi connectivity index (χ2v) is 13.5. The molecule has 11 nitrogen and oxygen atoms in total. The van der Waals surface area contributed by atoms with E-state index < -0.39 is 65.9 Å². The number of fused-ring (bicyclic) bond motifs is 3. The first-order valence-corrected chi connectivity index (χ1v) is 14.2. The lowest BCUT2D eigenvalue weighted by Gasteiger charge is -2.60. The van der Waals surface area contributed by atoms with Gasteiger partial charge >= 0.3 is 0 Å². The van der Waals surface area contributed by atoms with Gasteiger partial charge in [0.25, 0.3) is 0 Å². The fourth-order valence-corrected chi connectivity index (χ4v) is 8.06. The molecule has 13 atom stereocenters. The van der Waals surface area contributed by atoms with Gasteiger partial charge in [-0.25, -0.2) is 9.78 Å². The molecule has 1 N–H and O–H groups in total. The Hall–Kier alpha value is -0.440. The van der Waals surface area contributed by atoms with E-state index in [2.05, 4.69) is 13.8 Å². The van der Waals surface area contributed by atoms with E-state index in [0.29, 0.717) is 5.92 Å². The molecule has 2 bridgehead atoms. The molecular weight excluding hydrogens is 500 g/mol. The standard InChI is InChI=1S/C27H42O11/c1-13-8-9-16-14(2)20(31-22-26(16)15(13)10-11-25(7,36-22)37-38-26)35-27(28)18(17-12-29-23(3,4)32-17)30-21-19(27)33-24(5,6)34-21/h13-22,28H,8-12H2,1-7H3/t13-,14-,15+,16+,17-,18-,19+,20-,21?,22-,25-,26?,27-/m1/s1. The maximum absolute atomic E-state index is 12.3. The van der Waals surface area contributed by atoms with Gasteiger partial charge in [0.15, 0.2) is 42.1 Å². The highest BCUT2D eigenvalue weighted by Crippen LogP contribution is 2.61. The lowest BCUT2D eigenvalue weighted by molar-refractivity contribution is -0.581. The molecule has 1 spiro atoms. The van der Waals surface area contributed by atoms with Crippen LogP contribution in [0.2, 0.25) is 0 Å². The molecule has 0 amide bonds. The van der Waals surface area contributed by atoms with Crippen molar-refractivity contribution < 1.29 is 52.8 Å². The molecule has 1 aliphatic carbocycles. The summed E-state index contributed by atoms with van der Waals surface area (Å²) in [5.74, 6) is -4.04. The molecule has 216 valence electrons. The first kappa shape index (κ1) is 26.5. The lowest BCUT2D eigenvalue weighted by Crippen LogP contribution is -2.71. The lowest BCUT2D eigenvalue weighted by atomic mass is 9.58. The van der Waals surface area contributed by atoms with E-state index in [1.807, 2.05) is 20.8 Å². The van der Waals surface area contributed by atoms with Gasteiger partial charge < -0.3 is 43.0 Å². The van der Waals surface area contributed by atoms with Gasteiger partial charge in [0.05, 0.1) is 6.61 Å². The number of hydrogen-bond donors (Lipinski definition) is 1. The Morgan fingerprint density at radius 3 is 2.32 bits per heavy atom. The Morgan fingerprint density at radius 2 is 1.58 bits per heavy atom. The molecule has 11 heteroatoms. The van der Waals surface area contributed by atoms with Crippen LogP contribution in [0.25, 0.3) is 0 Å². The second-order valence-electron chi connectivity index (χ2n) is 13.5. The second kappa shape index (κ2) is 8.32. The molecule has 8 fully saturated rings. The van der Waals surface area contributed by atoms with Crippen molar-refractivity contribution >= 4 is 0 Å². The molecule has 7 heterocycles. The monoisotopic (exact) mass is 542 g/mol.